The molecule has 1 nitrogen and oxygen atoms in total. The highest BCUT2D eigenvalue weighted by Gasteiger charge is 2.42. The van der Waals surface area contributed by atoms with Crippen LogP contribution in [-0.2, 0) is 0 Å². The molecule has 0 amide bonds. The fraction of sp³-hybridized carbons (Fsp3) is 0.429. The van der Waals surface area contributed by atoms with Crippen molar-refractivity contribution in [2.24, 2.45) is 5.92 Å². The van der Waals surface area contributed by atoms with Crippen molar-refractivity contribution in [1.29, 1.82) is 0 Å². The van der Waals surface area contributed by atoms with E-state index in [1.165, 1.54) is 29.7 Å². The first-order chi connectivity index (χ1) is 8.22. The molecule has 0 spiro atoms. The molecule has 1 atom stereocenters. The molecule has 1 saturated carbocycles. The van der Waals surface area contributed by atoms with Crippen LogP contribution in [0.1, 0.15) is 36.8 Å². The van der Waals surface area contributed by atoms with Gasteiger partial charge in [-0.15, -0.1) is 11.8 Å². The van der Waals surface area contributed by atoms with Gasteiger partial charge in [-0.25, -0.2) is 0 Å². The molecule has 4 aliphatic rings. The minimum absolute atomic E-state index is 0.506. The Hall–Kier alpha value is -0.825. The van der Waals surface area contributed by atoms with Gasteiger partial charge in [-0.05, 0) is 37.2 Å². The highest BCUT2D eigenvalue weighted by atomic mass is 32.2. The zero-order chi connectivity index (χ0) is 11.6. The van der Waals surface area contributed by atoms with E-state index in [0.29, 0.717) is 5.37 Å². The Morgan fingerprint density at radius 3 is 2.94 bits per heavy atom. The molecule has 2 radical (unpaired) electrons. The zero-order valence-corrected chi connectivity index (χ0v) is 10.7. The lowest BCUT2D eigenvalue weighted by Crippen LogP contribution is -2.22. The summed E-state index contributed by atoms with van der Waals surface area (Å²) in [5, 5.41) is 4.13. The summed E-state index contributed by atoms with van der Waals surface area (Å²) >= 11 is 2.01. The van der Waals surface area contributed by atoms with Crippen molar-refractivity contribution in [2.45, 2.75) is 31.1 Å². The van der Waals surface area contributed by atoms with Crippen molar-refractivity contribution in [3.63, 3.8) is 0 Å². The molecule has 3 heteroatoms. The molecule has 1 fully saturated rings. The predicted octanol–water partition coefficient (Wildman–Crippen LogP) is 2.34. The fourth-order valence-corrected chi connectivity index (χ4v) is 4.53. The van der Waals surface area contributed by atoms with Crippen LogP contribution in [-0.4, -0.2) is 13.2 Å². The van der Waals surface area contributed by atoms with Crippen molar-refractivity contribution in [1.82, 2.24) is 5.32 Å². The van der Waals surface area contributed by atoms with Crippen LogP contribution in [0.3, 0.4) is 0 Å². The average Bonchev–Trinajstić information content (AvgIpc) is 2.51. The Morgan fingerprint density at radius 2 is 2.12 bits per heavy atom. The van der Waals surface area contributed by atoms with Crippen LogP contribution in [0.25, 0.3) is 5.70 Å². The summed E-state index contributed by atoms with van der Waals surface area (Å²) < 4.78 is 0. The summed E-state index contributed by atoms with van der Waals surface area (Å²) in [4.78, 5) is 1.58. The maximum Gasteiger partial charge on any atom is 0.113 e. The number of allylic oxidation sites excluding steroid dienone is 1. The summed E-state index contributed by atoms with van der Waals surface area (Å²) in [6.45, 7) is 2.24. The van der Waals surface area contributed by atoms with Crippen LogP contribution in [0.2, 0.25) is 0 Å². The molecule has 1 aromatic carbocycles. The van der Waals surface area contributed by atoms with Crippen molar-refractivity contribution in [3.8, 4) is 0 Å². The van der Waals surface area contributed by atoms with E-state index >= 15 is 0 Å². The molecule has 1 heterocycles. The van der Waals surface area contributed by atoms with Gasteiger partial charge in [0.2, 0.25) is 0 Å². The van der Waals surface area contributed by atoms with E-state index in [1.54, 1.807) is 4.91 Å². The van der Waals surface area contributed by atoms with Crippen molar-refractivity contribution in [3.05, 3.63) is 34.2 Å². The first-order valence-electron chi connectivity index (χ1n) is 6.29. The van der Waals surface area contributed by atoms with E-state index in [9.17, 15) is 0 Å². The second-order valence-corrected chi connectivity index (χ2v) is 6.74. The minimum atomic E-state index is 0.506. The molecular weight excluding hydrogens is 225 g/mol. The quantitative estimate of drug-likeness (QED) is 0.697. The summed E-state index contributed by atoms with van der Waals surface area (Å²) in [5.41, 5.74) is 5.11. The van der Waals surface area contributed by atoms with Crippen LogP contribution in [0.15, 0.2) is 23.1 Å². The smallest absolute Gasteiger partial charge is 0.113 e. The van der Waals surface area contributed by atoms with E-state index in [4.69, 9.17) is 7.85 Å². The third kappa shape index (κ3) is 1.35. The normalized spacial score (nSPS) is 33.4. The molecule has 17 heavy (non-hydrogen) atoms. The third-order valence-electron chi connectivity index (χ3n) is 4.19. The Kier molecular flexibility index (Phi) is 2.00. The summed E-state index contributed by atoms with van der Waals surface area (Å²) in [5.74, 6) is 1.56. The number of benzene rings is 1. The lowest BCUT2D eigenvalue weighted by atomic mass is 9.72. The second-order valence-electron chi connectivity index (χ2n) is 5.36. The number of hydrogen-bond acceptors (Lipinski definition) is 2. The molecule has 84 valence electrons. The summed E-state index contributed by atoms with van der Waals surface area (Å²) in [7, 11) is 5.95. The molecule has 5 rings (SSSR count). The number of hydrogen-bond donors (Lipinski definition) is 1. The van der Waals surface area contributed by atoms with Gasteiger partial charge in [-0.2, -0.15) is 0 Å². The first kappa shape index (κ1) is 10.1. The van der Waals surface area contributed by atoms with Gasteiger partial charge in [0.15, 0.2) is 0 Å². The fourth-order valence-electron chi connectivity index (χ4n) is 3.30. The Bertz CT molecular complexity index is 531. The molecule has 1 unspecified atom stereocenters. The average molecular weight is 239 g/mol. The van der Waals surface area contributed by atoms with Crippen LogP contribution < -0.4 is 10.8 Å². The highest BCUT2D eigenvalue weighted by Crippen LogP contribution is 2.56. The standard InChI is InChI=1S/C14H14BNS/c1-7-16-13-12-6-10(15)2-3-11(12)8-4-9(5-8)14(13)17-7/h2-3,6-9,16H,4-5H2,1H3. The highest BCUT2D eigenvalue weighted by molar-refractivity contribution is 8.04. The second kappa shape index (κ2) is 3.35. The van der Waals surface area contributed by atoms with E-state index in [2.05, 4.69) is 24.4 Å². The zero-order valence-electron chi connectivity index (χ0n) is 9.86. The molecule has 3 aliphatic carbocycles. The molecular formula is C14H14BNS. The molecule has 2 bridgehead atoms. The van der Waals surface area contributed by atoms with Crippen molar-refractivity contribution in [2.75, 3.05) is 0 Å². The lowest BCUT2D eigenvalue weighted by Gasteiger charge is -2.34. The largest absolute Gasteiger partial charge is 0.372 e. The van der Waals surface area contributed by atoms with Crippen molar-refractivity contribution >= 4 is 30.8 Å². The van der Waals surface area contributed by atoms with E-state index in [-0.39, 0.29) is 0 Å². The maximum absolute atomic E-state index is 5.95. The molecule has 1 aliphatic heterocycles. The molecule has 1 N–H and O–H groups in total. The van der Waals surface area contributed by atoms with Gasteiger partial charge in [0.1, 0.15) is 7.85 Å². The third-order valence-corrected chi connectivity index (χ3v) is 5.46. The maximum atomic E-state index is 5.95. The van der Waals surface area contributed by atoms with Gasteiger partial charge in [-0.1, -0.05) is 23.7 Å². The summed E-state index contributed by atoms with van der Waals surface area (Å²) in [6.07, 6.45) is 2.66. The SMILES string of the molecule is [B]c1ccc2c(c1)C1=C(SC(C)N1)C1CC2C1. The molecule has 0 saturated heterocycles. The number of nitrogens with one attached hydrogen (secondary N) is 1. The van der Waals surface area contributed by atoms with E-state index in [1.807, 2.05) is 17.8 Å². The lowest BCUT2D eigenvalue weighted by molar-refractivity contribution is 0.323. The summed E-state index contributed by atoms with van der Waals surface area (Å²) in [6, 6.07) is 6.43. The molecule has 0 aromatic heterocycles. The van der Waals surface area contributed by atoms with Crippen molar-refractivity contribution < 1.29 is 0 Å². The van der Waals surface area contributed by atoms with Crippen LogP contribution in [0.4, 0.5) is 0 Å². The van der Waals surface area contributed by atoms with Gasteiger partial charge < -0.3 is 5.32 Å². The van der Waals surface area contributed by atoms with E-state index in [0.717, 1.165) is 17.3 Å². The number of thioether (sulfide) groups is 1. The molecule has 1 aromatic rings. The van der Waals surface area contributed by atoms with Gasteiger partial charge in [0, 0.05) is 10.5 Å². The van der Waals surface area contributed by atoms with Gasteiger partial charge in [-0.3, -0.25) is 0 Å². The Labute approximate surface area is 107 Å². The minimum Gasteiger partial charge on any atom is -0.372 e. The van der Waals surface area contributed by atoms with Gasteiger partial charge in [0.25, 0.3) is 0 Å². The van der Waals surface area contributed by atoms with E-state index < -0.39 is 0 Å². The van der Waals surface area contributed by atoms with Gasteiger partial charge >= 0.3 is 0 Å². The Balaban J connectivity index is 1.94. The monoisotopic (exact) mass is 239 g/mol. The van der Waals surface area contributed by atoms with Crippen LogP contribution >= 0.6 is 11.8 Å². The topological polar surface area (TPSA) is 12.0 Å². The Morgan fingerprint density at radius 1 is 1.29 bits per heavy atom. The van der Waals surface area contributed by atoms with Crippen LogP contribution in [0, 0.1) is 5.92 Å². The van der Waals surface area contributed by atoms with Crippen LogP contribution in [0.5, 0.6) is 0 Å². The first-order valence-corrected chi connectivity index (χ1v) is 7.17. The predicted molar refractivity (Wildman–Crippen MR) is 74.4 cm³/mol. The van der Waals surface area contributed by atoms with Gasteiger partial charge in [0.05, 0.1) is 11.1 Å². The number of rotatable bonds is 0.